The third-order valence-corrected chi connectivity index (χ3v) is 6.25. The molecular formula is C19H21N5O4S. The fourth-order valence-electron chi connectivity index (χ4n) is 3.74. The van der Waals surface area contributed by atoms with Gasteiger partial charge in [0.15, 0.2) is 0 Å². The summed E-state index contributed by atoms with van der Waals surface area (Å²) in [5, 5.41) is 7.50. The van der Waals surface area contributed by atoms with Gasteiger partial charge in [0.25, 0.3) is 15.9 Å². The third kappa shape index (κ3) is 4.07. The van der Waals surface area contributed by atoms with Gasteiger partial charge in [-0.2, -0.15) is 10.2 Å². The van der Waals surface area contributed by atoms with Crippen LogP contribution in [0.4, 0.5) is 0 Å². The number of amidine groups is 1. The highest BCUT2D eigenvalue weighted by molar-refractivity contribution is 7.89. The van der Waals surface area contributed by atoms with Crippen LogP contribution in [0.25, 0.3) is 0 Å². The van der Waals surface area contributed by atoms with Gasteiger partial charge in [-0.15, -0.1) is 4.40 Å². The fraction of sp³-hybridized carbons (Fsp3) is 0.368. The van der Waals surface area contributed by atoms with Gasteiger partial charge in [0.05, 0.1) is 35.3 Å². The number of benzene rings is 1. The van der Waals surface area contributed by atoms with Crippen LogP contribution >= 0.6 is 0 Å². The molecule has 1 amide bonds. The number of nitrogens with zero attached hydrogens (tertiary/aromatic N) is 4. The van der Waals surface area contributed by atoms with Crippen molar-refractivity contribution in [3.8, 4) is 5.75 Å². The number of nitrogens with two attached hydrogens (primary N) is 1. The Morgan fingerprint density at radius 2 is 2.10 bits per heavy atom. The summed E-state index contributed by atoms with van der Waals surface area (Å²) < 4.78 is 33.3. The van der Waals surface area contributed by atoms with Crippen molar-refractivity contribution in [1.82, 2.24) is 15.1 Å². The minimum absolute atomic E-state index is 0.0683. The van der Waals surface area contributed by atoms with E-state index >= 15 is 0 Å². The third-order valence-electron chi connectivity index (χ3n) is 5.09. The second kappa shape index (κ2) is 7.78. The number of hydrogen-bond acceptors (Lipinski definition) is 7. The molecule has 2 N–H and O–H groups in total. The number of likely N-dealkylation sites (tertiary alicyclic amines) is 1. The molecule has 0 radical (unpaired) electrons. The molecule has 1 aromatic carbocycles. The summed E-state index contributed by atoms with van der Waals surface area (Å²) in [5.74, 6) is 0.0995. The van der Waals surface area contributed by atoms with E-state index in [2.05, 4.69) is 14.6 Å². The molecule has 0 spiro atoms. The van der Waals surface area contributed by atoms with Crippen LogP contribution in [0.5, 0.6) is 5.75 Å². The van der Waals surface area contributed by atoms with Crippen molar-refractivity contribution in [2.24, 2.45) is 10.1 Å². The SMILES string of the molecule is NC1=NS(=O)(=O)Cc2cccc(OC[C@H]3CCCCN3C(=O)c3ccnnc3)c21. The number of amides is 1. The molecule has 2 aromatic rings. The molecule has 1 saturated heterocycles. The molecule has 2 aliphatic rings. The van der Waals surface area contributed by atoms with Crippen LogP contribution < -0.4 is 10.5 Å². The monoisotopic (exact) mass is 415 g/mol. The smallest absolute Gasteiger partial charge is 0.259 e. The summed E-state index contributed by atoms with van der Waals surface area (Å²) in [7, 11) is -3.60. The predicted molar refractivity (Wildman–Crippen MR) is 106 cm³/mol. The second-order valence-corrected chi connectivity index (χ2v) is 8.72. The molecule has 0 saturated carbocycles. The summed E-state index contributed by atoms with van der Waals surface area (Å²) in [6, 6.07) is 6.71. The molecule has 0 unspecified atom stereocenters. The molecule has 2 aliphatic heterocycles. The molecule has 152 valence electrons. The highest BCUT2D eigenvalue weighted by Crippen LogP contribution is 2.29. The minimum atomic E-state index is -3.60. The quantitative estimate of drug-likeness (QED) is 0.792. The van der Waals surface area contributed by atoms with Crippen LogP contribution in [0.15, 0.2) is 41.1 Å². The molecule has 29 heavy (non-hydrogen) atoms. The van der Waals surface area contributed by atoms with Gasteiger partial charge >= 0.3 is 0 Å². The number of rotatable bonds is 4. The largest absolute Gasteiger partial charge is 0.491 e. The first-order valence-electron chi connectivity index (χ1n) is 9.35. The van der Waals surface area contributed by atoms with Crippen LogP contribution in [0.2, 0.25) is 0 Å². The maximum absolute atomic E-state index is 12.9. The lowest BCUT2D eigenvalue weighted by Crippen LogP contribution is -2.46. The number of carbonyl (C=O) groups excluding carboxylic acids is 1. The van der Waals surface area contributed by atoms with Crippen LogP contribution in [0.3, 0.4) is 0 Å². The molecule has 4 rings (SSSR count). The standard InChI is InChI=1S/C19H21N5O4S/c20-18-17-14(12-29(26,27)23-18)4-3-6-16(17)28-11-15-5-1-2-9-24(15)19(25)13-7-8-21-22-10-13/h3-4,6-8,10,15H,1-2,5,9,11-12H2,(H2,20,23)/t15-/m1/s1. The van der Waals surface area contributed by atoms with Crippen molar-refractivity contribution >= 4 is 21.8 Å². The maximum atomic E-state index is 12.9. The molecule has 10 heteroatoms. The number of fused-ring (bicyclic) bond motifs is 1. The highest BCUT2D eigenvalue weighted by Gasteiger charge is 2.30. The molecular weight excluding hydrogens is 394 g/mol. The van der Waals surface area contributed by atoms with E-state index in [0.29, 0.717) is 29.0 Å². The topological polar surface area (TPSA) is 128 Å². The van der Waals surface area contributed by atoms with E-state index in [1.165, 1.54) is 12.4 Å². The normalized spacial score (nSPS) is 20.5. The van der Waals surface area contributed by atoms with Crippen molar-refractivity contribution in [3.63, 3.8) is 0 Å². The van der Waals surface area contributed by atoms with Crippen LogP contribution in [0, 0.1) is 0 Å². The first kappa shape index (κ1) is 19.3. The maximum Gasteiger partial charge on any atom is 0.259 e. The van der Waals surface area contributed by atoms with Crippen molar-refractivity contribution in [1.29, 1.82) is 0 Å². The highest BCUT2D eigenvalue weighted by atomic mass is 32.2. The molecule has 1 fully saturated rings. The van der Waals surface area contributed by atoms with Crippen LogP contribution in [-0.2, 0) is 15.8 Å². The summed E-state index contributed by atoms with van der Waals surface area (Å²) in [6.07, 6.45) is 5.70. The number of carbonyl (C=O) groups is 1. The van der Waals surface area contributed by atoms with Gasteiger partial charge in [-0.3, -0.25) is 4.79 Å². The Morgan fingerprint density at radius 3 is 2.90 bits per heavy atom. The Labute approximate surface area is 168 Å². The van der Waals surface area contributed by atoms with Crippen LogP contribution in [-0.4, -0.2) is 54.5 Å². The molecule has 3 heterocycles. The lowest BCUT2D eigenvalue weighted by Gasteiger charge is -2.35. The van der Waals surface area contributed by atoms with Crippen LogP contribution in [0.1, 0.15) is 40.7 Å². The molecule has 1 atom stereocenters. The fourth-order valence-corrected chi connectivity index (χ4v) is 4.83. The van der Waals surface area contributed by atoms with E-state index in [4.69, 9.17) is 10.5 Å². The van der Waals surface area contributed by atoms with Gasteiger partial charge in [-0.05, 0) is 37.0 Å². The summed E-state index contributed by atoms with van der Waals surface area (Å²) >= 11 is 0. The predicted octanol–water partition coefficient (Wildman–Crippen LogP) is 1.10. The Bertz CT molecular complexity index is 1060. The summed E-state index contributed by atoms with van der Waals surface area (Å²) in [5.41, 5.74) is 7.46. The van der Waals surface area contributed by atoms with Gasteiger partial charge in [0, 0.05) is 6.54 Å². The Balaban J connectivity index is 1.53. The minimum Gasteiger partial charge on any atom is -0.491 e. The summed E-state index contributed by atoms with van der Waals surface area (Å²) in [6.45, 7) is 0.921. The average Bonchev–Trinajstić information content (AvgIpc) is 2.71. The Kier molecular flexibility index (Phi) is 5.18. The van der Waals surface area contributed by atoms with Crippen molar-refractivity contribution in [2.75, 3.05) is 13.2 Å². The van der Waals surface area contributed by atoms with Gasteiger partial charge < -0.3 is 15.4 Å². The van der Waals surface area contributed by atoms with Gasteiger partial charge in [0.2, 0.25) is 0 Å². The second-order valence-electron chi connectivity index (χ2n) is 7.08. The van der Waals surface area contributed by atoms with Crippen molar-refractivity contribution in [3.05, 3.63) is 53.3 Å². The zero-order valence-corrected chi connectivity index (χ0v) is 16.5. The zero-order valence-electron chi connectivity index (χ0n) is 15.7. The number of aromatic nitrogens is 2. The van der Waals surface area contributed by atoms with Crippen molar-refractivity contribution < 1.29 is 17.9 Å². The van der Waals surface area contributed by atoms with E-state index in [-0.39, 0.29) is 30.1 Å². The first-order chi connectivity index (χ1) is 13.9. The number of hydrogen-bond donors (Lipinski definition) is 1. The van der Waals surface area contributed by atoms with E-state index in [9.17, 15) is 13.2 Å². The van der Waals surface area contributed by atoms with E-state index in [0.717, 1.165) is 19.3 Å². The Hall–Kier alpha value is -3.01. The van der Waals surface area contributed by atoms with E-state index in [1.54, 1.807) is 29.2 Å². The van der Waals surface area contributed by atoms with E-state index in [1.807, 2.05) is 0 Å². The number of sulfonamides is 1. The van der Waals surface area contributed by atoms with Crippen molar-refractivity contribution in [2.45, 2.75) is 31.1 Å². The first-order valence-corrected chi connectivity index (χ1v) is 11.0. The average molecular weight is 415 g/mol. The summed E-state index contributed by atoms with van der Waals surface area (Å²) in [4.78, 5) is 14.7. The molecule has 0 bridgehead atoms. The lowest BCUT2D eigenvalue weighted by atomic mass is 10.0. The molecule has 9 nitrogen and oxygen atoms in total. The van der Waals surface area contributed by atoms with E-state index < -0.39 is 10.0 Å². The van der Waals surface area contributed by atoms with Gasteiger partial charge in [-0.25, -0.2) is 8.42 Å². The molecule has 1 aromatic heterocycles. The van der Waals surface area contributed by atoms with Gasteiger partial charge in [0.1, 0.15) is 18.2 Å². The lowest BCUT2D eigenvalue weighted by molar-refractivity contribution is 0.0527. The van der Waals surface area contributed by atoms with Gasteiger partial charge in [-0.1, -0.05) is 12.1 Å². The Morgan fingerprint density at radius 1 is 1.24 bits per heavy atom. The molecule has 0 aliphatic carbocycles. The zero-order chi connectivity index (χ0) is 20.4. The number of piperidine rings is 1. The number of ether oxygens (including phenoxy) is 1.